The number of quaternary nitrogens is 1. The Morgan fingerprint density at radius 2 is 1.79 bits per heavy atom. The number of benzene rings is 1. The van der Waals surface area contributed by atoms with Gasteiger partial charge in [-0.3, -0.25) is 4.79 Å². The summed E-state index contributed by atoms with van der Waals surface area (Å²) in [5.41, 5.74) is 0.666. The second kappa shape index (κ2) is 7.53. The summed E-state index contributed by atoms with van der Waals surface area (Å²) in [6.07, 6.45) is 2.79. The van der Waals surface area contributed by atoms with Gasteiger partial charge in [-0.05, 0) is 26.0 Å². The first-order valence-corrected chi connectivity index (χ1v) is 9.00. The molecule has 24 heavy (non-hydrogen) atoms. The number of nitrogens with zero attached hydrogens (tertiary/aromatic N) is 1. The van der Waals surface area contributed by atoms with Crippen molar-refractivity contribution in [2.75, 3.05) is 33.3 Å². The predicted molar refractivity (Wildman–Crippen MR) is 92.6 cm³/mol. The molecule has 2 unspecified atom stereocenters. The van der Waals surface area contributed by atoms with Crippen molar-refractivity contribution in [2.45, 2.75) is 44.9 Å². The number of carbonyl (C=O) groups is 1. The van der Waals surface area contributed by atoms with Gasteiger partial charge >= 0.3 is 0 Å². The third-order valence-electron chi connectivity index (χ3n) is 5.26. The Balaban J connectivity index is 1.59. The normalized spacial score (nSPS) is 28.6. The van der Waals surface area contributed by atoms with Gasteiger partial charge in [0.1, 0.15) is 31.0 Å². The van der Waals surface area contributed by atoms with E-state index >= 15 is 0 Å². The van der Waals surface area contributed by atoms with E-state index in [0.717, 1.165) is 39.0 Å². The summed E-state index contributed by atoms with van der Waals surface area (Å²) >= 11 is 0. The summed E-state index contributed by atoms with van der Waals surface area (Å²) in [5, 5.41) is 0. The van der Waals surface area contributed by atoms with Crippen LogP contribution in [-0.2, 0) is 4.74 Å². The van der Waals surface area contributed by atoms with Crippen LogP contribution in [0, 0.1) is 0 Å². The maximum atomic E-state index is 12.8. The van der Waals surface area contributed by atoms with E-state index in [4.69, 9.17) is 9.47 Å². The van der Waals surface area contributed by atoms with Crippen molar-refractivity contribution in [3.05, 3.63) is 29.8 Å². The minimum absolute atomic E-state index is 0.0876. The van der Waals surface area contributed by atoms with Crippen molar-refractivity contribution in [1.29, 1.82) is 0 Å². The van der Waals surface area contributed by atoms with Gasteiger partial charge in [-0.15, -0.1) is 0 Å². The molecule has 1 amide bonds. The summed E-state index contributed by atoms with van der Waals surface area (Å²) in [4.78, 5) is 16.4. The lowest BCUT2D eigenvalue weighted by Gasteiger charge is -2.41. The zero-order chi connectivity index (χ0) is 17.1. The number of para-hydroxylation sites is 1. The summed E-state index contributed by atoms with van der Waals surface area (Å²) in [6, 6.07) is 8.13. The van der Waals surface area contributed by atoms with Crippen LogP contribution in [0.5, 0.6) is 5.75 Å². The number of nitrogens with one attached hydrogen (secondary N) is 1. The molecule has 0 radical (unpaired) electrons. The third-order valence-corrected chi connectivity index (χ3v) is 5.26. The second-order valence-corrected chi connectivity index (χ2v) is 7.09. The van der Waals surface area contributed by atoms with Crippen molar-refractivity contribution < 1.29 is 19.2 Å². The van der Waals surface area contributed by atoms with E-state index in [1.54, 1.807) is 12.0 Å². The number of carbonyl (C=O) groups excluding carboxylic acids is 1. The Morgan fingerprint density at radius 1 is 1.17 bits per heavy atom. The monoisotopic (exact) mass is 333 g/mol. The standard InChI is InChI=1S/C19H28N2O3/c1-14-12-21(13-15(2)24-14)16-8-10-20(11-9-16)19(22)17-6-4-5-7-18(17)23-3/h4-7,14-16H,8-13H2,1-3H3/p+1. The van der Waals surface area contributed by atoms with Crippen LogP contribution >= 0.6 is 0 Å². The summed E-state index contributed by atoms with van der Waals surface area (Å²) in [7, 11) is 1.61. The predicted octanol–water partition coefficient (Wildman–Crippen LogP) is 0.992. The number of likely N-dealkylation sites (tertiary alicyclic amines) is 1. The molecule has 5 nitrogen and oxygen atoms in total. The van der Waals surface area contributed by atoms with Crippen molar-refractivity contribution >= 4 is 5.91 Å². The van der Waals surface area contributed by atoms with Gasteiger partial charge in [0.15, 0.2) is 0 Å². The number of methoxy groups -OCH3 is 1. The van der Waals surface area contributed by atoms with Gasteiger partial charge in [0, 0.05) is 25.9 Å². The smallest absolute Gasteiger partial charge is 0.257 e. The van der Waals surface area contributed by atoms with Crippen molar-refractivity contribution in [1.82, 2.24) is 4.90 Å². The van der Waals surface area contributed by atoms with E-state index in [1.807, 2.05) is 29.2 Å². The number of rotatable bonds is 3. The van der Waals surface area contributed by atoms with Crippen LogP contribution in [-0.4, -0.2) is 62.3 Å². The number of morpholine rings is 1. The molecule has 132 valence electrons. The number of hydrogen-bond donors (Lipinski definition) is 1. The molecule has 2 saturated heterocycles. The fourth-order valence-electron chi connectivity index (χ4n) is 4.13. The van der Waals surface area contributed by atoms with E-state index in [2.05, 4.69) is 13.8 Å². The topological polar surface area (TPSA) is 43.2 Å². The molecular weight excluding hydrogens is 304 g/mol. The van der Waals surface area contributed by atoms with Crippen molar-refractivity contribution in [3.63, 3.8) is 0 Å². The molecule has 2 heterocycles. The zero-order valence-electron chi connectivity index (χ0n) is 15.0. The molecule has 2 aliphatic heterocycles. The van der Waals surface area contributed by atoms with Crippen LogP contribution < -0.4 is 9.64 Å². The molecule has 0 bridgehead atoms. The fourth-order valence-corrected chi connectivity index (χ4v) is 4.13. The highest BCUT2D eigenvalue weighted by molar-refractivity contribution is 5.97. The largest absolute Gasteiger partial charge is 0.496 e. The van der Waals surface area contributed by atoms with Crippen LogP contribution in [0.3, 0.4) is 0 Å². The van der Waals surface area contributed by atoms with Gasteiger partial charge < -0.3 is 19.3 Å². The van der Waals surface area contributed by atoms with Crippen LogP contribution in [0.25, 0.3) is 0 Å². The molecule has 2 aliphatic rings. The summed E-state index contributed by atoms with van der Waals surface area (Å²) < 4.78 is 11.2. The fraction of sp³-hybridized carbons (Fsp3) is 0.632. The highest BCUT2D eigenvalue weighted by Crippen LogP contribution is 2.21. The van der Waals surface area contributed by atoms with E-state index in [9.17, 15) is 4.79 Å². The third kappa shape index (κ3) is 3.73. The van der Waals surface area contributed by atoms with Gasteiger partial charge in [0.2, 0.25) is 0 Å². The number of ether oxygens (including phenoxy) is 2. The van der Waals surface area contributed by atoms with Gasteiger partial charge in [-0.25, -0.2) is 0 Å². The van der Waals surface area contributed by atoms with Gasteiger partial charge in [0.25, 0.3) is 5.91 Å². The molecule has 0 spiro atoms. The average molecular weight is 333 g/mol. The molecule has 0 aliphatic carbocycles. The lowest BCUT2D eigenvalue weighted by molar-refractivity contribution is -0.940. The highest BCUT2D eigenvalue weighted by atomic mass is 16.5. The molecular formula is C19H29N2O3+. The Labute approximate surface area is 144 Å². The van der Waals surface area contributed by atoms with Gasteiger partial charge in [-0.2, -0.15) is 0 Å². The minimum atomic E-state index is 0.0876. The molecule has 0 aromatic heterocycles. The van der Waals surface area contributed by atoms with E-state index < -0.39 is 0 Å². The first-order chi connectivity index (χ1) is 11.6. The molecule has 1 aromatic carbocycles. The molecule has 3 rings (SSSR count). The SMILES string of the molecule is COc1ccccc1C(=O)N1CCC([NH+]2CC(C)OC(C)C2)CC1. The van der Waals surface area contributed by atoms with Gasteiger partial charge in [-0.1, -0.05) is 12.1 Å². The molecule has 5 heteroatoms. The molecule has 2 atom stereocenters. The van der Waals surface area contributed by atoms with E-state index in [1.165, 1.54) is 0 Å². The molecule has 0 saturated carbocycles. The Hall–Kier alpha value is -1.59. The van der Waals surface area contributed by atoms with Crippen LogP contribution in [0.2, 0.25) is 0 Å². The maximum Gasteiger partial charge on any atom is 0.257 e. The maximum absolute atomic E-state index is 12.8. The van der Waals surface area contributed by atoms with Crippen molar-refractivity contribution in [2.24, 2.45) is 0 Å². The molecule has 1 aromatic rings. The first-order valence-electron chi connectivity index (χ1n) is 9.00. The first kappa shape index (κ1) is 17.2. The van der Waals surface area contributed by atoms with E-state index in [0.29, 0.717) is 29.6 Å². The second-order valence-electron chi connectivity index (χ2n) is 7.09. The highest BCUT2D eigenvalue weighted by Gasteiger charge is 2.35. The van der Waals surface area contributed by atoms with Crippen molar-refractivity contribution in [3.8, 4) is 5.75 Å². The van der Waals surface area contributed by atoms with Gasteiger partial charge in [0.05, 0.1) is 18.7 Å². The lowest BCUT2D eigenvalue weighted by Crippen LogP contribution is -3.19. The average Bonchev–Trinajstić information content (AvgIpc) is 2.60. The number of hydrogen-bond acceptors (Lipinski definition) is 3. The number of piperidine rings is 1. The minimum Gasteiger partial charge on any atom is -0.496 e. The Kier molecular flexibility index (Phi) is 5.41. The quantitative estimate of drug-likeness (QED) is 0.897. The molecule has 1 N–H and O–H groups in total. The van der Waals surface area contributed by atoms with Crippen LogP contribution in [0.1, 0.15) is 37.0 Å². The summed E-state index contributed by atoms with van der Waals surface area (Å²) in [5.74, 6) is 0.746. The lowest BCUT2D eigenvalue weighted by atomic mass is 10.0. The van der Waals surface area contributed by atoms with Crippen LogP contribution in [0.15, 0.2) is 24.3 Å². The zero-order valence-corrected chi connectivity index (χ0v) is 15.0. The van der Waals surface area contributed by atoms with E-state index in [-0.39, 0.29) is 5.91 Å². The summed E-state index contributed by atoms with van der Waals surface area (Å²) in [6.45, 7) is 8.14. The Bertz CT molecular complexity index is 559. The Morgan fingerprint density at radius 3 is 2.42 bits per heavy atom. The van der Waals surface area contributed by atoms with Crippen LogP contribution in [0.4, 0.5) is 0 Å². The molecule has 2 fully saturated rings. The number of amides is 1.